The number of Topliss-reactive ketones (excluding diaryl/α,β-unsaturated/α-hetero) is 1. The Labute approximate surface area is 131 Å². The average Bonchev–Trinajstić information content (AvgIpc) is 2.92. The van der Waals surface area contributed by atoms with E-state index in [1.54, 1.807) is 12.3 Å². The molecule has 22 heavy (non-hydrogen) atoms. The van der Waals surface area contributed by atoms with Crippen LogP contribution in [0.2, 0.25) is 0 Å². The molecular weight excluding hydrogens is 304 g/mol. The van der Waals surface area contributed by atoms with E-state index in [0.717, 1.165) is 12.8 Å². The van der Waals surface area contributed by atoms with Crippen LogP contribution in [0.15, 0.2) is 16.5 Å². The highest BCUT2D eigenvalue weighted by Gasteiger charge is 2.21. The zero-order valence-electron chi connectivity index (χ0n) is 12.8. The second kappa shape index (κ2) is 6.83. The van der Waals surface area contributed by atoms with E-state index in [1.165, 1.54) is 29.2 Å². The lowest BCUT2D eigenvalue weighted by Crippen LogP contribution is -2.27. The molecule has 2 heterocycles. The molecule has 0 aliphatic rings. The number of rotatable bonds is 6. The van der Waals surface area contributed by atoms with Crippen LogP contribution in [0.3, 0.4) is 0 Å². The van der Waals surface area contributed by atoms with Gasteiger partial charge in [0.05, 0.1) is 29.9 Å². The zero-order chi connectivity index (χ0) is 16.3. The molecule has 0 amide bonds. The minimum atomic E-state index is -0.617. The van der Waals surface area contributed by atoms with E-state index < -0.39 is 17.6 Å². The van der Waals surface area contributed by atoms with E-state index in [0.29, 0.717) is 11.4 Å². The molecule has 118 valence electrons. The van der Waals surface area contributed by atoms with Crippen molar-refractivity contribution in [2.24, 2.45) is 0 Å². The Morgan fingerprint density at radius 2 is 2.18 bits per heavy atom. The van der Waals surface area contributed by atoms with Gasteiger partial charge < -0.3 is 4.74 Å². The highest BCUT2D eigenvalue weighted by molar-refractivity contribution is 7.17. The lowest BCUT2D eigenvalue weighted by atomic mass is 10.2. The molecule has 0 spiro atoms. The van der Waals surface area contributed by atoms with Gasteiger partial charge in [-0.25, -0.2) is 9.78 Å². The maximum absolute atomic E-state index is 12.6. The number of ether oxygens (including phenoxy) is 1. The molecule has 0 bridgehead atoms. The van der Waals surface area contributed by atoms with Crippen LogP contribution in [0.4, 0.5) is 0 Å². The monoisotopic (exact) mass is 322 g/mol. The fraction of sp³-hybridized carbons (Fsp3) is 0.467. The molecule has 2 aromatic rings. The Kier molecular flexibility index (Phi) is 5.07. The van der Waals surface area contributed by atoms with Gasteiger partial charge in [0.25, 0.3) is 5.56 Å². The maximum atomic E-state index is 12.6. The van der Waals surface area contributed by atoms with Gasteiger partial charge in [-0.05, 0) is 20.3 Å². The molecule has 0 radical (unpaired) electrons. The minimum Gasteiger partial charge on any atom is -0.462 e. The highest BCUT2D eigenvalue weighted by atomic mass is 32.1. The number of unbranched alkanes of at least 4 members (excludes halogenated alkanes) is 1. The van der Waals surface area contributed by atoms with E-state index in [2.05, 4.69) is 4.98 Å². The van der Waals surface area contributed by atoms with Crippen LogP contribution in [0.5, 0.6) is 0 Å². The summed E-state index contributed by atoms with van der Waals surface area (Å²) in [5.41, 5.74) is -0.171. The number of carbonyl (C=O) groups excluding carboxylic acids is 2. The smallest absolute Gasteiger partial charge is 0.339 e. The van der Waals surface area contributed by atoms with E-state index >= 15 is 0 Å². The van der Waals surface area contributed by atoms with E-state index in [4.69, 9.17) is 4.74 Å². The molecule has 0 saturated carbocycles. The first kappa shape index (κ1) is 16.4. The van der Waals surface area contributed by atoms with Gasteiger partial charge >= 0.3 is 5.97 Å². The molecule has 0 saturated heterocycles. The Morgan fingerprint density at radius 3 is 2.82 bits per heavy atom. The Balaban J connectivity index is 2.45. The predicted molar refractivity (Wildman–Crippen MR) is 84.5 cm³/mol. The van der Waals surface area contributed by atoms with Gasteiger partial charge in [-0.2, -0.15) is 0 Å². The minimum absolute atomic E-state index is 0.148. The lowest BCUT2D eigenvalue weighted by Gasteiger charge is -2.11. The molecule has 0 aliphatic carbocycles. The molecule has 6 nitrogen and oxygen atoms in total. The van der Waals surface area contributed by atoms with Crippen molar-refractivity contribution in [1.82, 2.24) is 9.55 Å². The summed E-state index contributed by atoms with van der Waals surface area (Å²) >= 11 is 1.21. The van der Waals surface area contributed by atoms with Gasteiger partial charge in [0, 0.05) is 5.38 Å². The number of nitrogens with zero attached hydrogens (tertiary/aromatic N) is 2. The first-order chi connectivity index (χ1) is 10.5. The summed E-state index contributed by atoms with van der Waals surface area (Å²) in [6.07, 6.45) is 3.04. The summed E-state index contributed by atoms with van der Waals surface area (Å²) in [6.45, 7) is 5.36. The van der Waals surface area contributed by atoms with E-state index in [-0.39, 0.29) is 16.7 Å². The van der Waals surface area contributed by atoms with Crippen LogP contribution < -0.4 is 5.56 Å². The first-order valence-electron chi connectivity index (χ1n) is 7.13. The summed E-state index contributed by atoms with van der Waals surface area (Å²) in [5.74, 6) is -0.669. The van der Waals surface area contributed by atoms with Crippen molar-refractivity contribution >= 4 is 33.3 Å². The number of hydrogen-bond donors (Lipinski definition) is 0. The third kappa shape index (κ3) is 3.09. The van der Waals surface area contributed by atoms with Crippen molar-refractivity contribution in [3.8, 4) is 0 Å². The Hall–Kier alpha value is -2.02. The summed E-state index contributed by atoms with van der Waals surface area (Å²) in [7, 11) is 0. The van der Waals surface area contributed by atoms with Crippen molar-refractivity contribution < 1.29 is 14.3 Å². The van der Waals surface area contributed by atoms with Gasteiger partial charge in [0.2, 0.25) is 0 Å². The molecule has 0 aromatic carbocycles. The average molecular weight is 322 g/mol. The molecule has 0 fully saturated rings. The molecule has 2 aromatic heterocycles. The number of ketones is 1. The zero-order valence-corrected chi connectivity index (χ0v) is 13.6. The van der Waals surface area contributed by atoms with E-state index in [9.17, 15) is 14.4 Å². The normalized spacial score (nSPS) is 12.3. The summed E-state index contributed by atoms with van der Waals surface area (Å²) < 4.78 is 6.41. The van der Waals surface area contributed by atoms with Crippen LogP contribution in [0, 0.1) is 0 Å². The van der Waals surface area contributed by atoms with Gasteiger partial charge in [-0.15, -0.1) is 11.3 Å². The van der Waals surface area contributed by atoms with Gasteiger partial charge in [-0.1, -0.05) is 13.3 Å². The van der Waals surface area contributed by atoms with Gasteiger partial charge in [0.15, 0.2) is 5.78 Å². The second-order valence-corrected chi connectivity index (χ2v) is 5.92. The van der Waals surface area contributed by atoms with Crippen LogP contribution in [0.25, 0.3) is 10.2 Å². The van der Waals surface area contributed by atoms with Crippen molar-refractivity contribution in [2.75, 3.05) is 6.61 Å². The van der Waals surface area contributed by atoms with Gasteiger partial charge in [0.1, 0.15) is 4.83 Å². The fourth-order valence-electron chi connectivity index (χ4n) is 1.95. The predicted octanol–water partition coefficient (Wildman–Crippen LogP) is 2.56. The third-order valence-corrected chi connectivity index (χ3v) is 4.36. The molecule has 2 rings (SSSR count). The molecule has 0 N–H and O–H groups in total. The number of esters is 1. The number of fused-ring (bicyclic) bond motifs is 1. The molecule has 0 aliphatic heterocycles. The molecular formula is C15H18N2O4S. The second-order valence-electron chi connectivity index (χ2n) is 5.06. The van der Waals surface area contributed by atoms with Crippen molar-refractivity contribution in [1.29, 1.82) is 0 Å². The number of hydrogen-bond acceptors (Lipinski definition) is 6. The van der Waals surface area contributed by atoms with Crippen LogP contribution in [-0.4, -0.2) is 27.9 Å². The third-order valence-electron chi connectivity index (χ3n) is 3.48. The maximum Gasteiger partial charge on any atom is 0.339 e. The SMILES string of the molecule is CCCCOC(=O)c1csc2ncn(C(C)C(C)=O)c(=O)c12. The first-order valence-corrected chi connectivity index (χ1v) is 8.01. The largest absolute Gasteiger partial charge is 0.462 e. The van der Waals surface area contributed by atoms with Gasteiger partial charge in [-0.3, -0.25) is 14.2 Å². The molecule has 7 heteroatoms. The summed E-state index contributed by atoms with van der Waals surface area (Å²) in [4.78, 5) is 40.8. The molecule has 1 atom stereocenters. The molecule has 1 unspecified atom stereocenters. The fourth-order valence-corrected chi connectivity index (χ4v) is 2.82. The Bertz CT molecular complexity index is 762. The Morgan fingerprint density at radius 1 is 1.45 bits per heavy atom. The van der Waals surface area contributed by atoms with Crippen LogP contribution in [0.1, 0.15) is 50.0 Å². The standard InChI is InChI=1S/C15H18N2O4S/c1-4-5-6-21-15(20)11-7-22-13-12(11)14(19)17(8-16-13)9(2)10(3)18/h7-9H,4-6H2,1-3H3. The van der Waals surface area contributed by atoms with Crippen molar-refractivity contribution in [2.45, 2.75) is 39.7 Å². The van der Waals surface area contributed by atoms with Crippen molar-refractivity contribution in [3.63, 3.8) is 0 Å². The number of aromatic nitrogens is 2. The topological polar surface area (TPSA) is 78.3 Å². The van der Waals surface area contributed by atoms with Crippen LogP contribution in [-0.2, 0) is 9.53 Å². The number of thiophene rings is 1. The summed E-state index contributed by atoms with van der Waals surface area (Å²) in [5, 5.41) is 1.80. The number of carbonyl (C=O) groups is 2. The summed E-state index contributed by atoms with van der Waals surface area (Å²) in [6, 6.07) is -0.617. The van der Waals surface area contributed by atoms with Crippen molar-refractivity contribution in [3.05, 3.63) is 27.6 Å². The highest BCUT2D eigenvalue weighted by Crippen LogP contribution is 2.22. The van der Waals surface area contributed by atoms with Crippen LogP contribution >= 0.6 is 11.3 Å². The lowest BCUT2D eigenvalue weighted by molar-refractivity contribution is -0.119. The quantitative estimate of drug-likeness (QED) is 0.603. The van der Waals surface area contributed by atoms with E-state index in [1.807, 2.05) is 6.92 Å².